The lowest BCUT2D eigenvalue weighted by atomic mass is 10.2. The fourth-order valence-corrected chi connectivity index (χ4v) is 0.636. The Hall–Kier alpha value is -1.02. The largest absolute Gasteiger partial charge is 0.497 e. The predicted octanol–water partition coefficient (Wildman–Crippen LogP) is 1.15. The van der Waals surface area contributed by atoms with E-state index in [4.69, 9.17) is 13.2 Å². The summed E-state index contributed by atoms with van der Waals surface area (Å²) in [6, 6.07) is 3.64. The van der Waals surface area contributed by atoms with Crippen LogP contribution in [0.25, 0.3) is 0 Å². The van der Waals surface area contributed by atoms with Crippen molar-refractivity contribution in [3.63, 3.8) is 0 Å². The first-order chi connectivity index (χ1) is 5.69. The maximum Gasteiger partial charge on any atom is 0.118 e. The third kappa shape index (κ3) is 1.48. The van der Waals surface area contributed by atoms with Crippen molar-refractivity contribution in [1.29, 1.82) is 0 Å². The molecule has 0 spiro atoms. The predicted molar refractivity (Wildman–Crippen MR) is 40.9 cm³/mol. The van der Waals surface area contributed by atoms with Crippen molar-refractivity contribution in [3.8, 4) is 5.75 Å². The fraction of sp³-hybridized carbons (Fsp3) is 0.250. The Morgan fingerprint density at radius 2 is 2.20 bits per heavy atom. The van der Waals surface area contributed by atoms with Gasteiger partial charge < -0.3 is 10.5 Å². The quantitative estimate of drug-likeness (QED) is 0.667. The van der Waals surface area contributed by atoms with Crippen molar-refractivity contribution in [2.24, 2.45) is 5.73 Å². The highest BCUT2D eigenvalue weighted by Crippen LogP contribution is 2.09. The minimum atomic E-state index is 0.224. The summed E-state index contributed by atoms with van der Waals surface area (Å²) in [6.07, 6.45) is 0. The zero-order chi connectivity index (χ0) is 9.14. The molecule has 0 saturated carbocycles. The van der Waals surface area contributed by atoms with Crippen LogP contribution in [-0.4, -0.2) is 7.11 Å². The Labute approximate surface area is 63.4 Å². The molecule has 1 aromatic carbocycles. The van der Waals surface area contributed by atoms with E-state index in [-0.39, 0.29) is 18.6 Å². The van der Waals surface area contributed by atoms with Gasteiger partial charge in [-0.2, -0.15) is 0 Å². The molecule has 0 aliphatic carbocycles. The Kier molecular flexibility index (Phi) is 1.53. The van der Waals surface area contributed by atoms with Gasteiger partial charge in [-0.15, -0.1) is 0 Å². The van der Waals surface area contributed by atoms with Gasteiger partial charge in [-0.3, -0.25) is 0 Å². The van der Waals surface area contributed by atoms with E-state index in [0.29, 0.717) is 11.3 Å². The van der Waals surface area contributed by atoms with Crippen LogP contribution in [-0.2, 0) is 6.54 Å². The van der Waals surface area contributed by atoms with Crippen molar-refractivity contribution in [3.05, 3.63) is 29.8 Å². The zero-order valence-corrected chi connectivity index (χ0v) is 5.85. The highest BCUT2D eigenvalue weighted by atomic mass is 16.5. The molecule has 0 radical (unpaired) electrons. The van der Waals surface area contributed by atoms with Crippen LogP contribution in [0.4, 0.5) is 0 Å². The van der Waals surface area contributed by atoms with Crippen LogP contribution in [0.2, 0.25) is 0 Å². The van der Waals surface area contributed by atoms with Gasteiger partial charge in [0.25, 0.3) is 0 Å². The first-order valence-corrected chi connectivity index (χ1v) is 3.03. The third-order valence-corrected chi connectivity index (χ3v) is 1.22. The molecule has 54 valence electrons. The molecule has 2 N–H and O–H groups in total. The van der Waals surface area contributed by atoms with E-state index in [1.807, 2.05) is 0 Å². The summed E-state index contributed by atoms with van der Waals surface area (Å²) < 4.78 is 19.8. The maximum atomic E-state index is 7.48. The van der Waals surface area contributed by atoms with Crippen molar-refractivity contribution in [2.45, 2.75) is 6.54 Å². The second-order valence-corrected chi connectivity index (χ2v) is 1.87. The molecular formula is C8H11NO. The van der Waals surface area contributed by atoms with Crippen LogP contribution < -0.4 is 10.5 Å². The topological polar surface area (TPSA) is 35.2 Å². The molecular weight excluding hydrogens is 126 g/mol. The number of ether oxygens (including phenoxy) is 1. The number of rotatable bonds is 2. The lowest BCUT2D eigenvalue weighted by Gasteiger charge is -1.99. The number of hydrogen-bond acceptors (Lipinski definition) is 2. The van der Waals surface area contributed by atoms with Gasteiger partial charge in [0.15, 0.2) is 0 Å². The first kappa shape index (κ1) is 4.74. The van der Waals surface area contributed by atoms with E-state index in [2.05, 4.69) is 0 Å². The molecule has 0 amide bonds. The Balaban J connectivity index is 3.18. The minimum Gasteiger partial charge on any atom is -0.497 e. The van der Waals surface area contributed by atoms with Crippen LogP contribution in [0.15, 0.2) is 24.2 Å². The summed E-state index contributed by atoms with van der Waals surface area (Å²) in [6.45, 7) is 0.224. The molecule has 0 bridgehead atoms. The molecule has 0 atom stereocenters. The molecule has 0 aromatic heterocycles. The zero-order valence-electron chi connectivity index (χ0n) is 7.85. The Bertz CT molecular complexity index is 265. The van der Waals surface area contributed by atoms with Gasteiger partial charge in [-0.1, -0.05) is 12.1 Å². The summed E-state index contributed by atoms with van der Waals surface area (Å²) in [5, 5.41) is 0. The molecule has 1 rings (SSSR count). The summed E-state index contributed by atoms with van der Waals surface area (Å²) >= 11 is 0. The van der Waals surface area contributed by atoms with E-state index in [0.717, 1.165) is 0 Å². The Morgan fingerprint density at radius 1 is 1.60 bits per heavy atom. The standard InChI is InChI=1S/C8H11NO/c1-10-8-4-2-7(6-9)3-5-8/h2-5H,6,9H2,1H3/i2D,3D. The van der Waals surface area contributed by atoms with E-state index in [1.54, 1.807) is 12.1 Å². The second kappa shape index (κ2) is 3.22. The average molecular weight is 139 g/mol. The van der Waals surface area contributed by atoms with Crippen molar-refractivity contribution in [1.82, 2.24) is 0 Å². The number of methoxy groups -OCH3 is 1. The molecule has 0 unspecified atom stereocenters. The average Bonchev–Trinajstić information content (AvgIpc) is 2.03. The summed E-state index contributed by atoms with van der Waals surface area (Å²) in [7, 11) is 1.51. The lowest BCUT2D eigenvalue weighted by Crippen LogP contribution is -1.95. The molecule has 2 nitrogen and oxygen atoms in total. The molecule has 10 heavy (non-hydrogen) atoms. The van der Waals surface area contributed by atoms with E-state index < -0.39 is 0 Å². The van der Waals surface area contributed by atoms with E-state index >= 15 is 0 Å². The number of hydrogen-bond donors (Lipinski definition) is 1. The summed E-state index contributed by atoms with van der Waals surface area (Å²) in [4.78, 5) is 0. The van der Waals surface area contributed by atoms with Gasteiger partial charge in [0.05, 0.1) is 9.85 Å². The number of benzene rings is 1. The number of nitrogens with two attached hydrogens (primary N) is 1. The van der Waals surface area contributed by atoms with Gasteiger partial charge in [0.1, 0.15) is 5.75 Å². The van der Waals surface area contributed by atoms with Crippen LogP contribution >= 0.6 is 0 Å². The summed E-state index contributed by atoms with van der Waals surface area (Å²) in [5.41, 5.74) is 5.91. The SMILES string of the molecule is [2H]c1cc(OC)cc([2H])c1CN. The van der Waals surface area contributed by atoms with Crippen LogP contribution in [0.5, 0.6) is 5.75 Å². The van der Waals surface area contributed by atoms with Gasteiger partial charge in [0.2, 0.25) is 0 Å². The smallest absolute Gasteiger partial charge is 0.118 e. The highest BCUT2D eigenvalue weighted by molar-refractivity contribution is 5.26. The normalized spacial score (nSPS) is 12.2. The van der Waals surface area contributed by atoms with Gasteiger partial charge >= 0.3 is 0 Å². The van der Waals surface area contributed by atoms with Gasteiger partial charge in [0, 0.05) is 6.54 Å². The summed E-state index contributed by atoms with van der Waals surface area (Å²) in [5.74, 6) is 0.530. The molecule has 1 aromatic rings. The van der Waals surface area contributed by atoms with Crippen molar-refractivity contribution < 1.29 is 7.48 Å². The van der Waals surface area contributed by atoms with E-state index in [9.17, 15) is 0 Å². The monoisotopic (exact) mass is 139 g/mol. The van der Waals surface area contributed by atoms with Crippen LogP contribution in [0.3, 0.4) is 0 Å². The molecule has 0 fully saturated rings. The molecule has 0 saturated heterocycles. The molecule has 2 heteroatoms. The minimum absolute atomic E-state index is 0.224. The lowest BCUT2D eigenvalue weighted by molar-refractivity contribution is 0.414. The highest BCUT2D eigenvalue weighted by Gasteiger charge is 1.89. The molecule has 0 aliphatic heterocycles. The molecule has 0 aliphatic rings. The fourth-order valence-electron chi connectivity index (χ4n) is 0.636. The molecule has 0 heterocycles. The van der Waals surface area contributed by atoms with Crippen molar-refractivity contribution >= 4 is 0 Å². The van der Waals surface area contributed by atoms with Gasteiger partial charge in [-0.25, -0.2) is 0 Å². The van der Waals surface area contributed by atoms with Gasteiger partial charge in [-0.05, 0) is 17.7 Å². The van der Waals surface area contributed by atoms with Crippen molar-refractivity contribution in [2.75, 3.05) is 7.11 Å². The van der Waals surface area contributed by atoms with E-state index in [1.165, 1.54) is 7.11 Å². The van der Waals surface area contributed by atoms with Crippen LogP contribution in [0, 0.1) is 0 Å². The third-order valence-electron chi connectivity index (χ3n) is 1.22. The second-order valence-electron chi connectivity index (χ2n) is 1.87. The first-order valence-electron chi connectivity index (χ1n) is 4.03. The Morgan fingerprint density at radius 3 is 2.60 bits per heavy atom. The van der Waals surface area contributed by atoms with Crippen LogP contribution in [0.1, 0.15) is 8.30 Å². The maximum absolute atomic E-state index is 7.48.